The van der Waals surface area contributed by atoms with Gasteiger partial charge in [-0.1, -0.05) is 0 Å². The van der Waals surface area contributed by atoms with Crippen LogP contribution in [0, 0.1) is 12.3 Å². The third-order valence-corrected chi connectivity index (χ3v) is 3.70. The lowest BCUT2D eigenvalue weighted by molar-refractivity contribution is -0.191. The first-order chi connectivity index (χ1) is 9.38. The third kappa shape index (κ3) is 3.08. The molecule has 2 unspecified atom stereocenters. The van der Waals surface area contributed by atoms with Crippen LogP contribution in [0.15, 0.2) is 0 Å². The zero-order valence-electron chi connectivity index (χ0n) is 12.6. The van der Waals surface area contributed by atoms with E-state index in [0.717, 1.165) is 19.5 Å². The van der Waals surface area contributed by atoms with Gasteiger partial charge in [-0.25, -0.2) is 4.79 Å². The lowest BCUT2D eigenvalue weighted by atomic mass is 9.80. The summed E-state index contributed by atoms with van der Waals surface area (Å²) in [5, 5.41) is 3.34. The molecule has 20 heavy (non-hydrogen) atoms. The molecule has 5 heteroatoms. The van der Waals surface area contributed by atoms with Gasteiger partial charge in [-0.2, -0.15) is 0 Å². The largest absolute Gasteiger partial charge is 0.444 e. The van der Waals surface area contributed by atoms with Gasteiger partial charge in [0.15, 0.2) is 0 Å². The van der Waals surface area contributed by atoms with E-state index < -0.39 is 5.60 Å². The van der Waals surface area contributed by atoms with Crippen LogP contribution < -0.4 is 5.32 Å². The highest BCUT2D eigenvalue weighted by molar-refractivity contribution is 5.70. The molecule has 2 aliphatic rings. The Morgan fingerprint density at radius 2 is 2.35 bits per heavy atom. The number of nitrogens with one attached hydrogen (secondary N) is 1. The third-order valence-electron chi connectivity index (χ3n) is 3.70. The van der Waals surface area contributed by atoms with Crippen LogP contribution in [0.4, 0.5) is 4.79 Å². The van der Waals surface area contributed by atoms with E-state index >= 15 is 0 Å². The lowest BCUT2D eigenvalue weighted by Crippen LogP contribution is -2.77. The molecular weight excluding hydrogens is 256 g/mol. The fourth-order valence-electron chi connectivity index (χ4n) is 2.82. The molecule has 0 bridgehead atoms. The quantitative estimate of drug-likeness (QED) is 0.776. The van der Waals surface area contributed by atoms with Crippen LogP contribution in [0.25, 0.3) is 0 Å². The summed E-state index contributed by atoms with van der Waals surface area (Å²) in [7, 11) is 0. The van der Waals surface area contributed by atoms with Crippen molar-refractivity contribution in [2.75, 3.05) is 26.2 Å². The molecule has 112 valence electrons. The van der Waals surface area contributed by atoms with Crippen molar-refractivity contribution in [3.8, 4) is 12.3 Å². The Morgan fingerprint density at radius 3 is 2.90 bits per heavy atom. The molecule has 2 aliphatic heterocycles. The molecule has 1 amide bonds. The van der Waals surface area contributed by atoms with E-state index in [0.29, 0.717) is 19.6 Å². The Morgan fingerprint density at radius 1 is 1.60 bits per heavy atom. The molecule has 1 spiro atoms. The van der Waals surface area contributed by atoms with Crippen LogP contribution in [0.5, 0.6) is 0 Å². The smallest absolute Gasteiger partial charge is 0.410 e. The minimum absolute atomic E-state index is 0.00111. The zero-order chi connectivity index (χ0) is 14.8. The van der Waals surface area contributed by atoms with E-state index in [-0.39, 0.29) is 17.7 Å². The Kier molecular flexibility index (Phi) is 4.26. The maximum absolute atomic E-state index is 12.2. The highest BCUT2D eigenvalue weighted by atomic mass is 16.6. The summed E-state index contributed by atoms with van der Waals surface area (Å²) in [5.41, 5.74) is -0.770. The summed E-state index contributed by atoms with van der Waals surface area (Å²) < 4.78 is 11.4. The number of hydrogen-bond acceptors (Lipinski definition) is 4. The molecule has 0 aliphatic carbocycles. The fraction of sp³-hybridized carbons (Fsp3) is 0.800. The van der Waals surface area contributed by atoms with Gasteiger partial charge >= 0.3 is 6.09 Å². The van der Waals surface area contributed by atoms with E-state index in [2.05, 4.69) is 11.2 Å². The highest BCUT2D eigenvalue weighted by Gasteiger charge is 2.56. The Hall–Kier alpha value is -1.25. The average molecular weight is 280 g/mol. The van der Waals surface area contributed by atoms with Crippen LogP contribution in [0.3, 0.4) is 0 Å². The Labute approximate surface area is 121 Å². The molecule has 2 saturated heterocycles. The number of hydrogen-bond donors (Lipinski definition) is 1. The standard InChI is InChI=1S/C15H24N2O3/c1-5-6-7-12-15(10-16-8-9-19-15)11-17(12)13(18)20-14(2,3)4/h1,12,16H,6-11H2,2-4H3. The van der Waals surface area contributed by atoms with Crippen molar-refractivity contribution in [2.45, 2.75) is 50.9 Å². The predicted molar refractivity (Wildman–Crippen MR) is 76.3 cm³/mol. The predicted octanol–water partition coefficient (Wildman–Crippen LogP) is 1.38. The molecule has 0 aromatic carbocycles. The van der Waals surface area contributed by atoms with Crippen LogP contribution in [-0.2, 0) is 9.47 Å². The van der Waals surface area contributed by atoms with E-state index in [1.54, 1.807) is 4.90 Å². The summed E-state index contributed by atoms with van der Waals surface area (Å²) in [6, 6.07) is 0.00111. The summed E-state index contributed by atoms with van der Waals surface area (Å²) in [4.78, 5) is 14.0. The number of rotatable bonds is 2. The van der Waals surface area contributed by atoms with Crippen LogP contribution in [0.1, 0.15) is 33.6 Å². The van der Waals surface area contributed by atoms with Crippen molar-refractivity contribution in [3.05, 3.63) is 0 Å². The Bertz CT molecular complexity index is 402. The normalized spacial score (nSPS) is 29.7. The second kappa shape index (κ2) is 5.63. The molecule has 0 saturated carbocycles. The van der Waals surface area contributed by atoms with Crippen LogP contribution in [-0.4, -0.2) is 54.5 Å². The maximum atomic E-state index is 12.2. The van der Waals surface area contributed by atoms with Crippen molar-refractivity contribution in [2.24, 2.45) is 0 Å². The van der Waals surface area contributed by atoms with Crippen molar-refractivity contribution in [1.29, 1.82) is 0 Å². The number of likely N-dealkylation sites (tertiary alicyclic amines) is 1. The van der Waals surface area contributed by atoms with Gasteiger partial charge in [0.2, 0.25) is 0 Å². The minimum atomic E-state index is -0.484. The fourth-order valence-corrected chi connectivity index (χ4v) is 2.82. The molecule has 0 aromatic rings. The topological polar surface area (TPSA) is 50.8 Å². The highest BCUT2D eigenvalue weighted by Crippen LogP contribution is 2.37. The zero-order valence-corrected chi connectivity index (χ0v) is 12.6. The molecule has 2 heterocycles. The monoisotopic (exact) mass is 280 g/mol. The van der Waals surface area contributed by atoms with Crippen molar-refractivity contribution >= 4 is 6.09 Å². The van der Waals surface area contributed by atoms with Crippen molar-refractivity contribution in [1.82, 2.24) is 10.2 Å². The maximum Gasteiger partial charge on any atom is 0.410 e. The van der Waals surface area contributed by atoms with E-state index in [4.69, 9.17) is 15.9 Å². The molecule has 2 atom stereocenters. The van der Waals surface area contributed by atoms with E-state index in [9.17, 15) is 4.79 Å². The summed E-state index contributed by atoms with van der Waals surface area (Å²) in [5.74, 6) is 2.64. The molecule has 5 nitrogen and oxygen atoms in total. The number of carbonyl (C=O) groups excluding carboxylic acids is 1. The first-order valence-electron chi connectivity index (χ1n) is 7.16. The van der Waals surface area contributed by atoms with Gasteiger partial charge < -0.3 is 14.8 Å². The lowest BCUT2D eigenvalue weighted by Gasteiger charge is -2.57. The number of nitrogens with zero attached hydrogens (tertiary/aromatic N) is 1. The van der Waals surface area contributed by atoms with Crippen molar-refractivity contribution in [3.63, 3.8) is 0 Å². The molecule has 0 radical (unpaired) electrons. The summed E-state index contributed by atoms with van der Waals surface area (Å²) in [6.45, 7) is 8.48. The van der Waals surface area contributed by atoms with Gasteiger partial charge in [-0.15, -0.1) is 12.3 Å². The van der Waals surface area contributed by atoms with Gasteiger partial charge in [-0.05, 0) is 27.2 Å². The van der Waals surface area contributed by atoms with Crippen LogP contribution >= 0.6 is 0 Å². The second-order valence-corrected chi connectivity index (χ2v) is 6.46. The van der Waals surface area contributed by atoms with Gasteiger partial charge in [0.05, 0.1) is 19.2 Å². The van der Waals surface area contributed by atoms with Gasteiger partial charge in [-0.3, -0.25) is 4.90 Å². The molecule has 2 fully saturated rings. The minimum Gasteiger partial charge on any atom is -0.444 e. The van der Waals surface area contributed by atoms with E-state index in [1.165, 1.54) is 0 Å². The molecule has 2 rings (SSSR count). The number of terminal acetylenes is 1. The summed E-state index contributed by atoms with van der Waals surface area (Å²) in [6.07, 6.45) is 6.46. The number of amides is 1. The molecular formula is C15H24N2O3. The van der Waals surface area contributed by atoms with E-state index in [1.807, 2.05) is 20.8 Å². The SMILES string of the molecule is C#CCCC1N(C(=O)OC(C)(C)C)CC12CNCCO2. The van der Waals surface area contributed by atoms with Crippen LogP contribution in [0.2, 0.25) is 0 Å². The molecule has 0 aromatic heterocycles. The number of ether oxygens (including phenoxy) is 2. The number of morpholine rings is 1. The summed E-state index contributed by atoms with van der Waals surface area (Å²) >= 11 is 0. The average Bonchev–Trinajstić information content (AvgIpc) is 2.35. The number of carbonyl (C=O) groups is 1. The first kappa shape index (κ1) is 15.1. The van der Waals surface area contributed by atoms with Gasteiger partial charge in [0.1, 0.15) is 11.2 Å². The second-order valence-electron chi connectivity index (χ2n) is 6.46. The first-order valence-corrected chi connectivity index (χ1v) is 7.16. The molecule has 1 N–H and O–H groups in total. The van der Waals surface area contributed by atoms with Gasteiger partial charge in [0.25, 0.3) is 0 Å². The Balaban J connectivity index is 2.03. The van der Waals surface area contributed by atoms with Crippen molar-refractivity contribution < 1.29 is 14.3 Å². The van der Waals surface area contributed by atoms with Gasteiger partial charge in [0, 0.05) is 19.5 Å².